The quantitative estimate of drug-likeness (QED) is 0.823. The second-order valence-electron chi connectivity index (χ2n) is 4.35. The monoisotopic (exact) mass is 304 g/mol. The van der Waals surface area contributed by atoms with E-state index >= 15 is 0 Å². The first-order valence-electron chi connectivity index (χ1n) is 6.11. The Morgan fingerprint density at radius 2 is 2.16 bits per heavy atom. The minimum Gasteiger partial charge on any atom is -0.314 e. The molecule has 1 aromatic heterocycles. The second kappa shape index (κ2) is 6.51. The third-order valence-corrected chi connectivity index (χ3v) is 4.43. The Bertz CT molecular complexity index is 517. The highest BCUT2D eigenvalue weighted by Crippen LogP contribution is 2.18. The Hall–Kier alpha value is -0.890. The van der Waals surface area contributed by atoms with Crippen molar-refractivity contribution >= 4 is 27.4 Å². The lowest BCUT2D eigenvalue weighted by Gasteiger charge is -2.26. The van der Waals surface area contributed by atoms with E-state index in [0.717, 1.165) is 26.2 Å². The predicted molar refractivity (Wildman–Crippen MR) is 76.0 cm³/mol. The van der Waals surface area contributed by atoms with Gasteiger partial charge in [-0.3, -0.25) is 9.62 Å². The number of halogens is 1. The molecule has 0 bridgehead atoms. The van der Waals surface area contributed by atoms with Crippen LogP contribution in [0.4, 0.5) is 5.82 Å². The fourth-order valence-corrected chi connectivity index (χ4v) is 3.13. The number of nitrogens with one attached hydrogen (secondary N) is 2. The van der Waals surface area contributed by atoms with Crippen LogP contribution in [0.5, 0.6) is 0 Å². The molecule has 6 nitrogen and oxygen atoms in total. The van der Waals surface area contributed by atoms with Gasteiger partial charge >= 0.3 is 0 Å². The highest BCUT2D eigenvalue weighted by molar-refractivity contribution is 7.92. The highest BCUT2D eigenvalue weighted by Gasteiger charge is 2.16. The van der Waals surface area contributed by atoms with Crippen molar-refractivity contribution in [2.45, 2.75) is 0 Å². The van der Waals surface area contributed by atoms with Crippen molar-refractivity contribution in [1.82, 2.24) is 15.2 Å². The molecule has 1 aliphatic rings. The van der Waals surface area contributed by atoms with E-state index in [4.69, 9.17) is 11.6 Å². The second-order valence-corrected chi connectivity index (χ2v) is 6.60. The fraction of sp³-hybridized carbons (Fsp3) is 0.545. The Morgan fingerprint density at radius 1 is 1.42 bits per heavy atom. The first-order chi connectivity index (χ1) is 9.07. The van der Waals surface area contributed by atoms with Gasteiger partial charge < -0.3 is 5.32 Å². The molecule has 1 saturated heterocycles. The topological polar surface area (TPSA) is 74.3 Å². The first-order valence-corrected chi connectivity index (χ1v) is 8.14. The van der Waals surface area contributed by atoms with Gasteiger partial charge in [-0.25, -0.2) is 13.4 Å². The maximum atomic E-state index is 11.9. The summed E-state index contributed by atoms with van der Waals surface area (Å²) in [6.07, 6.45) is 1.50. The van der Waals surface area contributed by atoms with Crippen LogP contribution in [0.2, 0.25) is 5.02 Å². The van der Waals surface area contributed by atoms with Gasteiger partial charge in [0.2, 0.25) is 10.0 Å². The number of nitrogens with zero attached hydrogens (tertiary/aromatic N) is 2. The highest BCUT2D eigenvalue weighted by atomic mass is 35.5. The van der Waals surface area contributed by atoms with E-state index in [1.54, 1.807) is 12.1 Å². The number of piperazine rings is 1. The standard InChI is InChI=1S/C11H17ClN4O2S/c12-10-2-1-3-14-11(10)15-19(17,18)9-8-16-6-4-13-5-7-16/h1-3,13H,4-9H2,(H,14,15). The van der Waals surface area contributed by atoms with Gasteiger partial charge in [0, 0.05) is 38.9 Å². The Balaban J connectivity index is 1.90. The van der Waals surface area contributed by atoms with Crippen LogP contribution in [0.25, 0.3) is 0 Å². The van der Waals surface area contributed by atoms with E-state index in [9.17, 15) is 8.42 Å². The molecular formula is C11H17ClN4O2S. The Kier molecular flexibility index (Phi) is 4.98. The van der Waals surface area contributed by atoms with Crippen molar-refractivity contribution in [1.29, 1.82) is 0 Å². The summed E-state index contributed by atoms with van der Waals surface area (Å²) in [4.78, 5) is 6.03. The van der Waals surface area contributed by atoms with Gasteiger partial charge in [0.15, 0.2) is 5.82 Å². The van der Waals surface area contributed by atoms with Gasteiger partial charge in [-0.15, -0.1) is 0 Å². The lowest BCUT2D eigenvalue weighted by Crippen LogP contribution is -2.45. The van der Waals surface area contributed by atoms with E-state index < -0.39 is 10.0 Å². The summed E-state index contributed by atoms with van der Waals surface area (Å²) >= 11 is 5.87. The van der Waals surface area contributed by atoms with Crippen LogP contribution in [0.1, 0.15) is 0 Å². The number of hydrogen-bond donors (Lipinski definition) is 2. The summed E-state index contributed by atoms with van der Waals surface area (Å²) in [6.45, 7) is 4.07. The Labute approximate surface area is 118 Å². The van der Waals surface area contributed by atoms with Crippen molar-refractivity contribution in [3.8, 4) is 0 Å². The molecule has 1 aliphatic heterocycles. The molecule has 2 heterocycles. The van der Waals surface area contributed by atoms with Crippen LogP contribution in [-0.4, -0.2) is 56.8 Å². The van der Waals surface area contributed by atoms with Crippen molar-refractivity contribution in [3.63, 3.8) is 0 Å². The number of aromatic nitrogens is 1. The number of sulfonamides is 1. The fourth-order valence-electron chi connectivity index (χ4n) is 1.84. The number of rotatable bonds is 5. The molecule has 0 aromatic carbocycles. The molecule has 19 heavy (non-hydrogen) atoms. The maximum Gasteiger partial charge on any atom is 0.235 e. The molecule has 2 N–H and O–H groups in total. The summed E-state index contributed by atoms with van der Waals surface area (Å²) in [5, 5.41) is 3.52. The Morgan fingerprint density at radius 3 is 2.84 bits per heavy atom. The van der Waals surface area contributed by atoms with Crippen LogP contribution in [0.15, 0.2) is 18.3 Å². The minimum atomic E-state index is -3.42. The van der Waals surface area contributed by atoms with Crippen molar-refractivity contribution in [2.24, 2.45) is 0 Å². The van der Waals surface area contributed by atoms with Crippen LogP contribution in [-0.2, 0) is 10.0 Å². The van der Waals surface area contributed by atoms with Gasteiger partial charge in [0.05, 0.1) is 10.8 Å². The molecule has 0 unspecified atom stereocenters. The van der Waals surface area contributed by atoms with Gasteiger partial charge in [0.1, 0.15) is 0 Å². The van der Waals surface area contributed by atoms with Gasteiger partial charge in [-0.05, 0) is 12.1 Å². The number of pyridine rings is 1. The van der Waals surface area contributed by atoms with E-state index in [1.807, 2.05) is 0 Å². The average Bonchev–Trinajstić information content (AvgIpc) is 2.40. The molecule has 2 rings (SSSR count). The molecule has 0 radical (unpaired) electrons. The van der Waals surface area contributed by atoms with E-state index in [2.05, 4.69) is 19.9 Å². The third kappa shape index (κ3) is 4.61. The van der Waals surface area contributed by atoms with Crippen LogP contribution < -0.4 is 10.0 Å². The smallest absolute Gasteiger partial charge is 0.235 e. The molecular weight excluding hydrogens is 288 g/mol. The van der Waals surface area contributed by atoms with Gasteiger partial charge in [0.25, 0.3) is 0 Å². The molecule has 0 saturated carbocycles. The minimum absolute atomic E-state index is 0.0416. The summed E-state index contributed by atoms with van der Waals surface area (Å²) in [5.74, 6) is 0.226. The molecule has 0 aliphatic carbocycles. The van der Waals surface area contributed by atoms with Crippen LogP contribution >= 0.6 is 11.6 Å². The van der Waals surface area contributed by atoms with Crippen LogP contribution in [0, 0.1) is 0 Å². The first kappa shape index (κ1) is 14.5. The molecule has 1 aromatic rings. The zero-order chi connectivity index (χ0) is 13.7. The lowest BCUT2D eigenvalue weighted by atomic mass is 10.4. The molecule has 0 spiro atoms. The van der Waals surface area contributed by atoms with Crippen molar-refractivity contribution in [3.05, 3.63) is 23.4 Å². The number of anilines is 1. The van der Waals surface area contributed by atoms with Gasteiger partial charge in [-0.2, -0.15) is 0 Å². The zero-order valence-electron chi connectivity index (χ0n) is 10.5. The SMILES string of the molecule is O=S(=O)(CCN1CCNCC1)Nc1ncccc1Cl. The molecule has 0 amide bonds. The van der Waals surface area contributed by atoms with E-state index in [-0.39, 0.29) is 11.6 Å². The van der Waals surface area contributed by atoms with Crippen molar-refractivity contribution in [2.75, 3.05) is 43.2 Å². The zero-order valence-corrected chi connectivity index (χ0v) is 12.0. The molecule has 8 heteroatoms. The molecule has 106 valence electrons. The maximum absolute atomic E-state index is 11.9. The molecule has 1 fully saturated rings. The summed E-state index contributed by atoms with van der Waals surface area (Å²) in [5.41, 5.74) is 0. The van der Waals surface area contributed by atoms with Crippen molar-refractivity contribution < 1.29 is 8.42 Å². The molecule has 0 atom stereocenters. The van der Waals surface area contributed by atoms with Crippen LogP contribution in [0.3, 0.4) is 0 Å². The van der Waals surface area contributed by atoms with Gasteiger partial charge in [-0.1, -0.05) is 11.6 Å². The predicted octanol–water partition coefficient (Wildman–Crippen LogP) is 0.382. The average molecular weight is 305 g/mol. The lowest BCUT2D eigenvalue weighted by molar-refractivity contribution is 0.254. The summed E-state index contributed by atoms with van der Waals surface area (Å²) < 4.78 is 26.3. The third-order valence-electron chi connectivity index (χ3n) is 2.90. The summed E-state index contributed by atoms with van der Waals surface area (Å²) in [6, 6.07) is 3.25. The van der Waals surface area contributed by atoms with E-state index in [0.29, 0.717) is 11.6 Å². The van der Waals surface area contributed by atoms with E-state index in [1.165, 1.54) is 6.20 Å². The number of hydrogen-bond acceptors (Lipinski definition) is 5. The largest absolute Gasteiger partial charge is 0.314 e. The summed E-state index contributed by atoms with van der Waals surface area (Å²) in [7, 11) is -3.42. The normalized spacial score (nSPS) is 17.3.